The number of methoxy groups -OCH3 is 1. The van der Waals surface area contributed by atoms with Crippen LogP contribution in [0.3, 0.4) is 0 Å². The highest BCUT2D eigenvalue weighted by atomic mass is 35.5. The van der Waals surface area contributed by atoms with Crippen molar-refractivity contribution >= 4 is 35.1 Å². The van der Waals surface area contributed by atoms with Gasteiger partial charge in [0, 0.05) is 5.02 Å². The molecule has 0 spiro atoms. The summed E-state index contributed by atoms with van der Waals surface area (Å²) in [4.78, 5) is 39.1. The normalized spacial score (nSPS) is 18.6. The third-order valence-electron chi connectivity index (χ3n) is 4.97. The van der Waals surface area contributed by atoms with Crippen molar-refractivity contribution in [2.45, 2.75) is 25.8 Å². The second kappa shape index (κ2) is 8.13. The van der Waals surface area contributed by atoms with Crippen LogP contribution in [0.25, 0.3) is 0 Å². The van der Waals surface area contributed by atoms with Gasteiger partial charge in [-0.15, -0.1) is 0 Å². The van der Waals surface area contributed by atoms with E-state index in [9.17, 15) is 14.4 Å². The zero-order valence-corrected chi connectivity index (χ0v) is 17.2. The second-order valence-electron chi connectivity index (χ2n) is 6.84. The highest BCUT2D eigenvalue weighted by Crippen LogP contribution is 2.33. The van der Waals surface area contributed by atoms with Gasteiger partial charge in [-0.3, -0.25) is 14.5 Å². The van der Waals surface area contributed by atoms with Crippen molar-refractivity contribution in [3.05, 3.63) is 58.6 Å². The van der Waals surface area contributed by atoms with Crippen molar-refractivity contribution in [2.24, 2.45) is 0 Å². The minimum atomic E-state index is -1.22. The van der Waals surface area contributed by atoms with Crippen molar-refractivity contribution in [1.29, 1.82) is 0 Å². The summed E-state index contributed by atoms with van der Waals surface area (Å²) in [6.07, 6.45) is 0.336. The van der Waals surface area contributed by atoms with Crippen LogP contribution in [-0.2, 0) is 15.1 Å². The zero-order chi connectivity index (χ0) is 21.2. The first-order valence-corrected chi connectivity index (χ1v) is 9.53. The fourth-order valence-electron chi connectivity index (χ4n) is 3.40. The van der Waals surface area contributed by atoms with Crippen LogP contribution in [-0.4, -0.2) is 36.4 Å². The van der Waals surface area contributed by atoms with Gasteiger partial charge < -0.3 is 15.4 Å². The van der Waals surface area contributed by atoms with E-state index in [2.05, 4.69) is 10.6 Å². The smallest absolute Gasteiger partial charge is 0.325 e. The molecule has 7 nitrogen and oxygen atoms in total. The Hall–Kier alpha value is -3.06. The molecule has 1 heterocycles. The van der Waals surface area contributed by atoms with Crippen molar-refractivity contribution in [2.75, 3.05) is 19.0 Å². The van der Waals surface area contributed by atoms with E-state index in [0.717, 1.165) is 10.5 Å². The molecule has 1 unspecified atom stereocenters. The maximum atomic E-state index is 13.1. The predicted octanol–water partition coefficient (Wildman–Crippen LogP) is 3.45. The van der Waals surface area contributed by atoms with Crippen LogP contribution < -0.4 is 15.4 Å². The number of benzene rings is 2. The van der Waals surface area contributed by atoms with Crippen LogP contribution in [0, 0.1) is 6.92 Å². The SMILES string of the molecule is CCC1(c2ccc(Cl)cc2)NC(=O)N(CC(=O)Nc2cc(C)ccc2OC)C1=O. The summed E-state index contributed by atoms with van der Waals surface area (Å²) in [5.41, 5.74) is 0.807. The van der Waals surface area contributed by atoms with Crippen molar-refractivity contribution in [1.82, 2.24) is 10.2 Å². The topological polar surface area (TPSA) is 87.7 Å². The van der Waals surface area contributed by atoms with Gasteiger partial charge in [0.1, 0.15) is 17.8 Å². The summed E-state index contributed by atoms with van der Waals surface area (Å²) in [6, 6.07) is 11.5. The lowest BCUT2D eigenvalue weighted by Gasteiger charge is -2.25. The Bertz CT molecular complexity index is 961. The van der Waals surface area contributed by atoms with Crippen LogP contribution in [0.2, 0.25) is 5.02 Å². The lowest BCUT2D eigenvalue weighted by Crippen LogP contribution is -2.44. The Morgan fingerprint density at radius 1 is 1.21 bits per heavy atom. The second-order valence-corrected chi connectivity index (χ2v) is 7.28. The molecule has 2 N–H and O–H groups in total. The van der Waals surface area contributed by atoms with Gasteiger partial charge in [0.05, 0.1) is 12.8 Å². The van der Waals surface area contributed by atoms with Crippen molar-refractivity contribution in [3.63, 3.8) is 0 Å². The molecule has 1 saturated heterocycles. The Labute approximate surface area is 174 Å². The Kier molecular flexibility index (Phi) is 5.79. The zero-order valence-electron chi connectivity index (χ0n) is 16.4. The van der Waals surface area contributed by atoms with Gasteiger partial charge in [0.25, 0.3) is 5.91 Å². The number of rotatable bonds is 6. The van der Waals surface area contributed by atoms with Gasteiger partial charge in [0.2, 0.25) is 5.91 Å². The average molecular weight is 416 g/mol. The number of nitrogens with one attached hydrogen (secondary N) is 2. The summed E-state index contributed by atoms with van der Waals surface area (Å²) in [6.45, 7) is 3.28. The highest BCUT2D eigenvalue weighted by molar-refractivity contribution is 6.30. The van der Waals surface area contributed by atoms with Crippen LogP contribution in [0.15, 0.2) is 42.5 Å². The average Bonchev–Trinajstić information content (AvgIpc) is 2.94. The maximum absolute atomic E-state index is 13.1. The lowest BCUT2D eigenvalue weighted by molar-refractivity contribution is -0.134. The summed E-state index contributed by atoms with van der Waals surface area (Å²) in [5.74, 6) is -0.482. The molecule has 0 aromatic heterocycles. The quantitative estimate of drug-likeness (QED) is 0.707. The predicted molar refractivity (Wildman–Crippen MR) is 110 cm³/mol. The molecule has 152 valence electrons. The highest BCUT2D eigenvalue weighted by Gasteiger charge is 2.51. The summed E-state index contributed by atoms with van der Waals surface area (Å²) in [5, 5.41) is 5.98. The number of carbonyl (C=O) groups excluding carboxylic acids is 3. The number of hydrogen-bond donors (Lipinski definition) is 2. The summed E-state index contributed by atoms with van der Waals surface area (Å²) < 4.78 is 5.25. The molecule has 29 heavy (non-hydrogen) atoms. The molecule has 1 atom stereocenters. The molecule has 8 heteroatoms. The maximum Gasteiger partial charge on any atom is 0.325 e. The Balaban J connectivity index is 1.80. The van der Waals surface area contributed by atoms with Gasteiger partial charge in [0.15, 0.2) is 0 Å². The number of amides is 4. The number of imide groups is 1. The molecule has 4 amide bonds. The fraction of sp³-hybridized carbons (Fsp3) is 0.286. The number of carbonyl (C=O) groups is 3. The summed E-state index contributed by atoms with van der Waals surface area (Å²) >= 11 is 5.94. The molecule has 3 rings (SSSR count). The Morgan fingerprint density at radius 2 is 1.90 bits per heavy atom. The molecule has 1 aliphatic heterocycles. The molecule has 2 aromatic carbocycles. The van der Waals surface area contributed by atoms with Crippen LogP contribution in [0.5, 0.6) is 5.75 Å². The van der Waals surface area contributed by atoms with E-state index in [1.54, 1.807) is 43.3 Å². The van der Waals surface area contributed by atoms with E-state index >= 15 is 0 Å². The molecule has 1 fully saturated rings. The van der Waals surface area contributed by atoms with Gasteiger partial charge in [-0.05, 0) is 48.7 Å². The largest absolute Gasteiger partial charge is 0.495 e. The lowest BCUT2D eigenvalue weighted by atomic mass is 9.87. The van der Waals surface area contributed by atoms with Gasteiger partial charge in [-0.2, -0.15) is 0 Å². The van der Waals surface area contributed by atoms with Gasteiger partial charge in [-0.25, -0.2) is 4.79 Å². The number of hydrogen-bond acceptors (Lipinski definition) is 4. The third-order valence-corrected chi connectivity index (χ3v) is 5.23. The standard InChI is InChI=1S/C21H22ClN3O4/c1-4-21(14-6-8-15(22)9-7-14)19(27)25(20(28)24-21)12-18(26)23-16-11-13(2)5-10-17(16)29-3/h5-11H,4,12H2,1-3H3,(H,23,26)(H,24,28). The van der Waals surface area contributed by atoms with Gasteiger partial charge >= 0.3 is 6.03 Å². The molecule has 2 aromatic rings. The Morgan fingerprint density at radius 3 is 2.52 bits per heavy atom. The van der Waals surface area contributed by atoms with Crippen LogP contribution in [0.1, 0.15) is 24.5 Å². The van der Waals surface area contributed by atoms with E-state index in [0.29, 0.717) is 28.4 Å². The monoisotopic (exact) mass is 415 g/mol. The first-order valence-electron chi connectivity index (χ1n) is 9.15. The fourth-order valence-corrected chi connectivity index (χ4v) is 3.52. The molecule has 0 aliphatic carbocycles. The van der Waals surface area contributed by atoms with E-state index in [1.807, 2.05) is 13.0 Å². The number of urea groups is 1. The number of nitrogens with zero attached hydrogens (tertiary/aromatic N) is 1. The first-order chi connectivity index (χ1) is 13.8. The third kappa shape index (κ3) is 3.91. The minimum absolute atomic E-state index is 0.336. The molecular formula is C21H22ClN3O4. The minimum Gasteiger partial charge on any atom is -0.495 e. The van der Waals surface area contributed by atoms with E-state index < -0.39 is 29.9 Å². The molecule has 0 bridgehead atoms. The summed E-state index contributed by atoms with van der Waals surface area (Å²) in [7, 11) is 1.50. The van der Waals surface area contributed by atoms with Crippen LogP contribution >= 0.6 is 11.6 Å². The number of ether oxygens (including phenoxy) is 1. The van der Waals surface area contributed by atoms with E-state index in [1.165, 1.54) is 7.11 Å². The number of aryl methyl sites for hydroxylation is 1. The number of anilines is 1. The first kappa shape index (κ1) is 20.7. The molecular weight excluding hydrogens is 394 g/mol. The molecule has 0 saturated carbocycles. The van der Waals surface area contributed by atoms with E-state index in [-0.39, 0.29) is 0 Å². The van der Waals surface area contributed by atoms with Crippen LogP contribution in [0.4, 0.5) is 10.5 Å². The van der Waals surface area contributed by atoms with E-state index in [4.69, 9.17) is 16.3 Å². The van der Waals surface area contributed by atoms with Gasteiger partial charge in [-0.1, -0.05) is 36.7 Å². The molecule has 0 radical (unpaired) electrons. The number of halogens is 1. The van der Waals surface area contributed by atoms with Crippen molar-refractivity contribution in [3.8, 4) is 5.75 Å². The molecule has 1 aliphatic rings. The van der Waals surface area contributed by atoms with Crippen molar-refractivity contribution < 1.29 is 19.1 Å².